The van der Waals surface area contributed by atoms with Gasteiger partial charge in [-0.05, 0) is 36.2 Å². The molecule has 1 N–H and O–H groups in total. The van der Waals surface area contributed by atoms with Crippen LogP contribution in [0.4, 0.5) is 23.7 Å². The highest BCUT2D eigenvalue weighted by Crippen LogP contribution is 2.30. The smallest absolute Gasteiger partial charge is 0.468 e. The van der Waals surface area contributed by atoms with Gasteiger partial charge < -0.3 is 29.2 Å². The van der Waals surface area contributed by atoms with E-state index in [1.807, 2.05) is 12.1 Å². The summed E-state index contributed by atoms with van der Waals surface area (Å²) < 4.78 is 58.1. The van der Waals surface area contributed by atoms with Gasteiger partial charge in [0.1, 0.15) is 5.75 Å². The van der Waals surface area contributed by atoms with Gasteiger partial charge in [0.05, 0.1) is 18.9 Å². The van der Waals surface area contributed by atoms with E-state index in [-0.39, 0.29) is 19.0 Å². The summed E-state index contributed by atoms with van der Waals surface area (Å²) >= 11 is 0. The second-order valence-corrected chi connectivity index (χ2v) is 8.12. The van der Waals surface area contributed by atoms with Crippen LogP contribution < -0.4 is 14.8 Å². The molecule has 0 unspecified atom stereocenters. The van der Waals surface area contributed by atoms with Crippen molar-refractivity contribution in [2.24, 2.45) is 0 Å². The molecule has 0 spiro atoms. The molecule has 2 rings (SSSR count). The number of rotatable bonds is 16. The van der Waals surface area contributed by atoms with Gasteiger partial charge >= 0.3 is 12.4 Å². The lowest BCUT2D eigenvalue weighted by Gasteiger charge is -2.24. The summed E-state index contributed by atoms with van der Waals surface area (Å²) in [4.78, 5) is 14.7. The van der Waals surface area contributed by atoms with Gasteiger partial charge in [-0.3, -0.25) is 0 Å². The number of para-hydroxylation sites is 2. The zero-order valence-corrected chi connectivity index (χ0v) is 20.8. The Morgan fingerprint density at radius 1 is 0.972 bits per heavy atom. The fraction of sp³-hybridized carbons (Fsp3) is 0.500. The number of alkyl halides is 3. The molecular formula is C26H35F3N2O5. The Morgan fingerprint density at radius 2 is 1.69 bits per heavy atom. The van der Waals surface area contributed by atoms with E-state index in [1.165, 1.54) is 18.2 Å². The zero-order chi connectivity index (χ0) is 26.2. The molecule has 0 bridgehead atoms. The molecule has 0 fully saturated rings. The fourth-order valence-electron chi connectivity index (χ4n) is 3.36. The van der Waals surface area contributed by atoms with Crippen molar-refractivity contribution in [3.8, 4) is 11.5 Å². The lowest BCUT2D eigenvalue weighted by Crippen LogP contribution is -2.35. The zero-order valence-electron chi connectivity index (χ0n) is 20.8. The highest BCUT2D eigenvalue weighted by molar-refractivity contribution is 5.91. The van der Waals surface area contributed by atoms with Gasteiger partial charge in [0, 0.05) is 20.2 Å². The molecule has 10 heteroatoms. The third kappa shape index (κ3) is 11.6. The molecule has 0 aromatic heterocycles. The minimum Gasteiger partial charge on any atom is -0.468 e. The number of hydrogen-bond donors (Lipinski definition) is 1. The van der Waals surface area contributed by atoms with Crippen molar-refractivity contribution in [2.75, 3.05) is 39.0 Å². The molecular weight excluding hydrogens is 477 g/mol. The van der Waals surface area contributed by atoms with E-state index in [2.05, 4.69) is 17.0 Å². The van der Waals surface area contributed by atoms with Gasteiger partial charge in [-0.1, -0.05) is 56.9 Å². The largest absolute Gasteiger partial charge is 0.573 e. The van der Waals surface area contributed by atoms with Crippen LogP contribution in [0.2, 0.25) is 0 Å². The molecule has 0 heterocycles. The Morgan fingerprint density at radius 3 is 2.39 bits per heavy atom. The summed E-state index contributed by atoms with van der Waals surface area (Å²) in [6.07, 6.45) is 0.164. The number of ether oxygens (including phenoxy) is 4. The number of unbranched alkanes of at least 4 members (excludes halogenated alkanes) is 4. The van der Waals surface area contributed by atoms with Gasteiger partial charge in [-0.2, -0.15) is 0 Å². The van der Waals surface area contributed by atoms with E-state index in [0.29, 0.717) is 25.5 Å². The predicted molar refractivity (Wildman–Crippen MR) is 131 cm³/mol. The molecule has 0 atom stereocenters. The van der Waals surface area contributed by atoms with Crippen LogP contribution in [-0.2, 0) is 16.0 Å². The van der Waals surface area contributed by atoms with Gasteiger partial charge in [-0.15, -0.1) is 13.2 Å². The highest BCUT2D eigenvalue weighted by atomic mass is 19.4. The van der Waals surface area contributed by atoms with Crippen molar-refractivity contribution in [2.45, 2.75) is 51.9 Å². The normalized spacial score (nSPS) is 11.2. The van der Waals surface area contributed by atoms with E-state index in [0.717, 1.165) is 43.7 Å². The summed E-state index contributed by atoms with van der Waals surface area (Å²) in [5, 5.41) is 2.57. The predicted octanol–water partition coefficient (Wildman–Crippen LogP) is 6.59. The SMILES string of the molecule is CCCCCCCN(Cc1ccc(OCOCCOC)cc1)C(=O)Nc1ccccc1OC(F)(F)F. The molecule has 0 aliphatic carbocycles. The molecule has 200 valence electrons. The number of urea groups is 1. The maximum atomic E-state index is 13.1. The molecule has 2 aromatic rings. The Bertz CT molecular complexity index is 894. The Hall–Kier alpha value is -2.98. The molecule has 0 radical (unpaired) electrons. The average Bonchev–Trinajstić information content (AvgIpc) is 2.84. The lowest BCUT2D eigenvalue weighted by molar-refractivity contribution is -0.274. The van der Waals surface area contributed by atoms with Gasteiger partial charge in [0.2, 0.25) is 0 Å². The van der Waals surface area contributed by atoms with Crippen molar-refractivity contribution in [1.29, 1.82) is 0 Å². The van der Waals surface area contributed by atoms with E-state index >= 15 is 0 Å². The maximum absolute atomic E-state index is 13.1. The first-order valence-corrected chi connectivity index (χ1v) is 12.0. The van der Waals surface area contributed by atoms with Gasteiger partial charge in [0.25, 0.3) is 0 Å². The first-order valence-electron chi connectivity index (χ1n) is 12.0. The quantitative estimate of drug-likeness (QED) is 0.203. The van der Waals surface area contributed by atoms with Crippen molar-refractivity contribution in [3.05, 3.63) is 54.1 Å². The number of anilines is 1. The molecule has 2 aromatic carbocycles. The Kier molecular flexibility index (Phi) is 12.9. The van der Waals surface area contributed by atoms with E-state index in [1.54, 1.807) is 24.1 Å². The maximum Gasteiger partial charge on any atom is 0.573 e. The second kappa shape index (κ2) is 15.9. The molecule has 0 aliphatic heterocycles. The number of carbonyl (C=O) groups excluding carboxylic acids is 1. The average molecular weight is 513 g/mol. The second-order valence-electron chi connectivity index (χ2n) is 8.12. The third-order valence-electron chi connectivity index (χ3n) is 5.21. The van der Waals surface area contributed by atoms with Crippen LogP contribution >= 0.6 is 0 Å². The van der Waals surface area contributed by atoms with Crippen molar-refractivity contribution < 1.29 is 36.9 Å². The summed E-state index contributed by atoms with van der Waals surface area (Å²) in [5.74, 6) is 0.153. The van der Waals surface area contributed by atoms with Crippen LogP contribution in [0.15, 0.2) is 48.5 Å². The van der Waals surface area contributed by atoms with Crippen molar-refractivity contribution in [1.82, 2.24) is 4.90 Å². The number of halogens is 3. The number of hydrogen-bond acceptors (Lipinski definition) is 5. The number of benzene rings is 2. The Balaban J connectivity index is 2.03. The Labute approximate surface area is 210 Å². The van der Waals surface area contributed by atoms with E-state index < -0.39 is 18.1 Å². The standard InChI is InChI=1S/C26H35F3N2O5/c1-3-4-5-6-9-16-31(19-21-12-14-22(15-13-21)35-20-34-18-17-33-2)25(32)30-23-10-7-8-11-24(23)36-26(27,28)29/h7-8,10-15H,3-6,9,16-20H2,1-2H3,(H,30,32). The summed E-state index contributed by atoms with van der Waals surface area (Å²) in [6, 6.07) is 12.2. The van der Waals surface area contributed by atoms with Crippen LogP contribution in [0.25, 0.3) is 0 Å². The van der Waals surface area contributed by atoms with Crippen LogP contribution in [0.3, 0.4) is 0 Å². The molecule has 2 amide bonds. The molecule has 0 aliphatic rings. The molecule has 36 heavy (non-hydrogen) atoms. The number of nitrogens with zero attached hydrogens (tertiary/aromatic N) is 1. The topological polar surface area (TPSA) is 69.3 Å². The molecule has 7 nitrogen and oxygen atoms in total. The highest BCUT2D eigenvalue weighted by Gasteiger charge is 2.32. The number of nitrogens with one attached hydrogen (secondary N) is 1. The van der Waals surface area contributed by atoms with Gasteiger partial charge in [0.15, 0.2) is 12.5 Å². The van der Waals surface area contributed by atoms with Crippen molar-refractivity contribution >= 4 is 11.7 Å². The van der Waals surface area contributed by atoms with Gasteiger partial charge in [-0.25, -0.2) is 4.79 Å². The fourth-order valence-corrected chi connectivity index (χ4v) is 3.36. The summed E-state index contributed by atoms with van der Waals surface area (Å²) in [7, 11) is 1.59. The van der Waals surface area contributed by atoms with Crippen LogP contribution in [0.5, 0.6) is 11.5 Å². The first kappa shape index (κ1) is 29.3. The molecule has 0 saturated heterocycles. The molecule has 0 saturated carbocycles. The first-order chi connectivity index (χ1) is 17.3. The van der Waals surface area contributed by atoms with Crippen LogP contribution in [0.1, 0.15) is 44.6 Å². The third-order valence-corrected chi connectivity index (χ3v) is 5.21. The van der Waals surface area contributed by atoms with E-state index in [9.17, 15) is 18.0 Å². The number of amides is 2. The number of methoxy groups -OCH3 is 1. The summed E-state index contributed by atoms with van der Waals surface area (Å²) in [6.45, 7) is 3.86. The van der Waals surface area contributed by atoms with Crippen molar-refractivity contribution in [3.63, 3.8) is 0 Å². The minimum absolute atomic E-state index is 0.0481. The monoisotopic (exact) mass is 512 g/mol. The van der Waals surface area contributed by atoms with E-state index in [4.69, 9.17) is 14.2 Å². The lowest BCUT2D eigenvalue weighted by atomic mass is 10.1. The van der Waals surface area contributed by atoms with Crippen LogP contribution in [0, 0.1) is 0 Å². The summed E-state index contributed by atoms with van der Waals surface area (Å²) in [5.41, 5.74) is 0.805. The number of carbonyl (C=O) groups is 1. The van der Waals surface area contributed by atoms with Crippen LogP contribution in [-0.4, -0.2) is 51.0 Å². The minimum atomic E-state index is -4.86.